The number of fused-ring (bicyclic) bond motifs is 2. The summed E-state index contributed by atoms with van der Waals surface area (Å²) in [5, 5.41) is 0. The van der Waals surface area contributed by atoms with Crippen LogP contribution < -0.4 is 4.74 Å². The lowest BCUT2D eigenvalue weighted by molar-refractivity contribution is 0.351. The third-order valence-corrected chi connectivity index (χ3v) is 6.27. The first kappa shape index (κ1) is 13.8. The maximum Gasteiger partial charge on any atom is 0.127 e. The SMILES string of the molecule is Brc1cc2c(c(C(Br)C3Cc4ccccc4C3)c1)OCC2. The summed E-state index contributed by atoms with van der Waals surface area (Å²) < 4.78 is 7.05. The Morgan fingerprint density at radius 3 is 2.48 bits per heavy atom. The van der Waals surface area contributed by atoms with Crippen molar-refractivity contribution in [3.05, 3.63) is 63.1 Å². The molecule has 2 aliphatic rings. The minimum Gasteiger partial charge on any atom is -0.493 e. The lowest BCUT2D eigenvalue weighted by atomic mass is 9.94. The van der Waals surface area contributed by atoms with E-state index in [1.165, 1.54) is 22.3 Å². The number of benzene rings is 2. The van der Waals surface area contributed by atoms with Crippen molar-refractivity contribution in [3.63, 3.8) is 0 Å². The van der Waals surface area contributed by atoms with E-state index in [-0.39, 0.29) is 0 Å². The summed E-state index contributed by atoms with van der Waals surface area (Å²) in [5.41, 5.74) is 5.63. The summed E-state index contributed by atoms with van der Waals surface area (Å²) in [5.74, 6) is 1.71. The van der Waals surface area contributed by atoms with Crippen LogP contribution in [0.25, 0.3) is 0 Å². The van der Waals surface area contributed by atoms with Gasteiger partial charge in [0, 0.05) is 21.3 Å². The van der Waals surface area contributed by atoms with Gasteiger partial charge in [0.2, 0.25) is 0 Å². The standard InChI is InChI=1S/C18H16Br2O/c19-15-9-13-5-6-21-18(13)16(10-15)17(20)14-7-11-3-1-2-4-12(11)8-14/h1-4,9-10,14,17H,5-8H2. The van der Waals surface area contributed by atoms with Gasteiger partial charge in [0.25, 0.3) is 0 Å². The molecule has 1 aliphatic carbocycles. The first-order valence-corrected chi connectivity index (χ1v) is 9.09. The quantitative estimate of drug-likeness (QED) is 0.619. The fraction of sp³-hybridized carbons (Fsp3) is 0.333. The van der Waals surface area contributed by atoms with Gasteiger partial charge < -0.3 is 4.74 Å². The van der Waals surface area contributed by atoms with E-state index < -0.39 is 0 Å². The van der Waals surface area contributed by atoms with E-state index in [1.54, 1.807) is 0 Å². The number of ether oxygens (including phenoxy) is 1. The Balaban J connectivity index is 1.67. The van der Waals surface area contributed by atoms with Crippen molar-refractivity contribution in [2.24, 2.45) is 5.92 Å². The number of halogens is 2. The molecule has 0 aromatic heterocycles. The van der Waals surface area contributed by atoms with Crippen LogP contribution in [0.5, 0.6) is 5.75 Å². The molecule has 0 spiro atoms. The summed E-state index contributed by atoms with van der Waals surface area (Å²) in [7, 11) is 0. The van der Waals surface area contributed by atoms with Crippen LogP contribution in [0, 0.1) is 5.92 Å². The molecule has 4 rings (SSSR count). The van der Waals surface area contributed by atoms with E-state index in [1.807, 2.05) is 0 Å². The normalized spacial score (nSPS) is 18.2. The summed E-state index contributed by atoms with van der Waals surface area (Å²) in [4.78, 5) is 0.342. The van der Waals surface area contributed by atoms with Crippen molar-refractivity contribution < 1.29 is 4.74 Å². The first-order valence-electron chi connectivity index (χ1n) is 7.38. The van der Waals surface area contributed by atoms with Gasteiger partial charge in [-0.25, -0.2) is 0 Å². The van der Waals surface area contributed by atoms with Crippen molar-refractivity contribution in [2.75, 3.05) is 6.61 Å². The Morgan fingerprint density at radius 2 is 1.76 bits per heavy atom. The molecule has 1 unspecified atom stereocenters. The maximum atomic E-state index is 5.89. The van der Waals surface area contributed by atoms with Crippen molar-refractivity contribution in [1.29, 1.82) is 0 Å². The molecule has 1 heterocycles. The van der Waals surface area contributed by atoms with Gasteiger partial charge in [-0.05, 0) is 47.6 Å². The topological polar surface area (TPSA) is 9.23 Å². The van der Waals surface area contributed by atoms with Gasteiger partial charge in [0.1, 0.15) is 5.75 Å². The van der Waals surface area contributed by atoms with E-state index in [0.29, 0.717) is 10.7 Å². The molecule has 0 radical (unpaired) electrons. The van der Waals surface area contributed by atoms with Gasteiger partial charge in [0.15, 0.2) is 0 Å². The zero-order chi connectivity index (χ0) is 14.4. The van der Waals surface area contributed by atoms with Crippen molar-refractivity contribution in [2.45, 2.75) is 24.1 Å². The highest BCUT2D eigenvalue weighted by Gasteiger charge is 2.31. The fourth-order valence-corrected chi connectivity index (χ4v) is 4.79. The predicted octanol–water partition coefficient (Wildman–Crippen LogP) is 5.24. The molecule has 3 heteroatoms. The van der Waals surface area contributed by atoms with E-state index in [2.05, 4.69) is 68.3 Å². The molecule has 1 atom stereocenters. The largest absolute Gasteiger partial charge is 0.493 e. The number of alkyl halides is 1. The second kappa shape index (κ2) is 5.44. The van der Waals surface area contributed by atoms with Crippen LogP contribution in [0.1, 0.15) is 27.1 Å². The summed E-state index contributed by atoms with van der Waals surface area (Å²) >= 11 is 7.60. The molecule has 0 fully saturated rings. The van der Waals surface area contributed by atoms with Crippen LogP contribution in [-0.4, -0.2) is 6.61 Å². The monoisotopic (exact) mass is 406 g/mol. The van der Waals surface area contributed by atoms with Crippen molar-refractivity contribution in [3.8, 4) is 5.75 Å². The number of hydrogen-bond acceptors (Lipinski definition) is 1. The first-order chi connectivity index (χ1) is 10.2. The second-order valence-electron chi connectivity index (χ2n) is 5.92. The number of hydrogen-bond donors (Lipinski definition) is 0. The highest BCUT2D eigenvalue weighted by atomic mass is 79.9. The zero-order valence-corrected chi connectivity index (χ0v) is 14.8. The summed E-state index contributed by atoms with van der Waals surface area (Å²) in [6.07, 6.45) is 3.31. The minimum absolute atomic E-state index is 0.342. The van der Waals surface area contributed by atoms with E-state index in [9.17, 15) is 0 Å². The van der Waals surface area contributed by atoms with Gasteiger partial charge in [0.05, 0.1) is 6.61 Å². The lowest BCUT2D eigenvalue weighted by Gasteiger charge is -2.20. The molecular formula is C18H16Br2O. The van der Waals surface area contributed by atoms with E-state index in [4.69, 9.17) is 4.74 Å². The zero-order valence-electron chi connectivity index (χ0n) is 11.6. The Bertz CT molecular complexity index is 671. The van der Waals surface area contributed by atoms with Gasteiger partial charge >= 0.3 is 0 Å². The molecule has 21 heavy (non-hydrogen) atoms. The Labute approximate surface area is 142 Å². The van der Waals surface area contributed by atoms with Crippen LogP contribution in [0.4, 0.5) is 0 Å². The average Bonchev–Trinajstić information content (AvgIpc) is 3.11. The van der Waals surface area contributed by atoms with Gasteiger partial charge in [-0.1, -0.05) is 56.1 Å². The Hall–Kier alpha value is -0.800. The molecule has 108 valence electrons. The summed E-state index contributed by atoms with van der Waals surface area (Å²) in [6.45, 7) is 0.809. The van der Waals surface area contributed by atoms with Crippen LogP contribution in [0.15, 0.2) is 40.9 Å². The van der Waals surface area contributed by atoms with Crippen molar-refractivity contribution in [1.82, 2.24) is 0 Å². The molecule has 2 aromatic rings. The van der Waals surface area contributed by atoms with E-state index in [0.717, 1.165) is 36.1 Å². The molecule has 0 saturated heterocycles. The molecule has 0 amide bonds. The maximum absolute atomic E-state index is 5.89. The van der Waals surface area contributed by atoms with Gasteiger partial charge in [-0.3, -0.25) is 0 Å². The number of rotatable bonds is 2. The molecule has 0 bridgehead atoms. The van der Waals surface area contributed by atoms with Crippen LogP contribution in [0.3, 0.4) is 0 Å². The van der Waals surface area contributed by atoms with Crippen LogP contribution >= 0.6 is 31.9 Å². The summed E-state index contributed by atoms with van der Waals surface area (Å²) in [6, 6.07) is 13.2. The Morgan fingerprint density at radius 1 is 1.05 bits per heavy atom. The van der Waals surface area contributed by atoms with Gasteiger partial charge in [-0.15, -0.1) is 0 Å². The Kier molecular flexibility index (Phi) is 3.58. The van der Waals surface area contributed by atoms with Crippen LogP contribution in [0.2, 0.25) is 0 Å². The molecule has 1 nitrogen and oxygen atoms in total. The van der Waals surface area contributed by atoms with Crippen LogP contribution in [-0.2, 0) is 19.3 Å². The third-order valence-electron chi connectivity index (χ3n) is 4.57. The second-order valence-corrected chi connectivity index (χ2v) is 7.82. The molecule has 0 saturated carbocycles. The minimum atomic E-state index is 0.342. The third kappa shape index (κ3) is 2.44. The fourth-order valence-electron chi connectivity index (χ4n) is 3.56. The molecular weight excluding hydrogens is 392 g/mol. The average molecular weight is 408 g/mol. The predicted molar refractivity (Wildman–Crippen MR) is 92.3 cm³/mol. The molecule has 0 N–H and O–H groups in total. The van der Waals surface area contributed by atoms with E-state index >= 15 is 0 Å². The van der Waals surface area contributed by atoms with Gasteiger partial charge in [-0.2, -0.15) is 0 Å². The molecule has 1 aliphatic heterocycles. The van der Waals surface area contributed by atoms with Crippen molar-refractivity contribution >= 4 is 31.9 Å². The lowest BCUT2D eigenvalue weighted by Crippen LogP contribution is -2.09. The molecule has 2 aromatic carbocycles. The highest BCUT2D eigenvalue weighted by Crippen LogP contribution is 2.46. The smallest absolute Gasteiger partial charge is 0.127 e. The highest BCUT2D eigenvalue weighted by molar-refractivity contribution is 9.10.